The number of nitrogens with one attached hydrogen (secondary N) is 3. The number of likely N-dealkylation sites (tertiary alicyclic amines) is 3. The molecule has 432 valence electrons. The van der Waals surface area contributed by atoms with Crippen LogP contribution in [0.15, 0.2) is 85.2 Å². The number of nitrogens with zero attached hydrogens (tertiary/aromatic N) is 5. The Kier molecular flexibility index (Phi) is 26.5. The van der Waals surface area contributed by atoms with Gasteiger partial charge in [-0.25, -0.2) is 19.6 Å². The summed E-state index contributed by atoms with van der Waals surface area (Å²) >= 11 is 11.8. The van der Waals surface area contributed by atoms with E-state index in [1.165, 1.54) is 0 Å². The molecule has 80 heavy (non-hydrogen) atoms. The van der Waals surface area contributed by atoms with Crippen LogP contribution < -0.4 is 39.9 Å². The van der Waals surface area contributed by atoms with Crippen molar-refractivity contribution in [3.8, 4) is 0 Å². The average Bonchev–Trinajstić information content (AvgIpc) is 3.40. The number of rotatable bonds is 14. The maximum Gasteiger partial charge on any atom is 1.00 e. The van der Waals surface area contributed by atoms with Gasteiger partial charge in [-0.3, -0.25) is 25.2 Å². The van der Waals surface area contributed by atoms with Crippen LogP contribution in [0.5, 0.6) is 0 Å². The molecule has 17 nitrogen and oxygen atoms in total. The van der Waals surface area contributed by atoms with E-state index in [0.29, 0.717) is 61.5 Å². The summed E-state index contributed by atoms with van der Waals surface area (Å²) in [6.07, 6.45) is 9.71. The molecule has 8 rings (SSSR count). The Labute approximate surface area is 495 Å². The van der Waals surface area contributed by atoms with E-state index in [1.807, 2.05) is 92.4 Å². The first kappa shape index (κ1) is 66.0. The van der Waals surface area contributed by atoms with E-state index in [4.69, 9.17) is 32.7 Å². The van der Waals surface area contributed by atoms with Gasteiger partial charge in [0, 0.05) is 66.4 Å². The number of carbonyl (C=O) groups is 4. The summed E-state index contributed by atoms with van der Waals surface area (Å²) in [5.74, 6) is 0.565. The number of aliphatic carboxylic acids is 1. The van der Waals surface area contributed by atoms with E-state index >= 15 is 0 Å². The number of benzene rings is 2. The zero-order valence-corrected chi connectivity index (χ0v) is 49.4. The van der Waals surface area contributed by atoms with Crippen LogP contribution in [0.2, 0.25) is 10.0 Å². The molecule has 20 heteroatoms. The summed E-state index contributed by atoms with van der Waals surface area (Å²) in [6, 6.07) is 22.9. The Morgan fingerprint density at radius 1 is 0.600 bits per heavy atom. The van der Waals surface area contributed by atoms with Crippen LogP contribution in [-0.4, -0.2) is 135 Å². The third-order valence-electron chi connectivity index (χ3n) is 14.6. The number of piperidine rings is 4. The van der Waals surface area contributed by atoms with E-state index < -0.39 is 35.5 Å². The predicted octanol–water partition coefficient (Wildman–Crippen LogP) is 5.77. The number of amides is 3. The Hall–Kier alpha value is -4.80. The van der Waals surface area contributed by atoms with Crippen molar-refractivity contribution in [2.45, 2.75) is 142 Å². The van der Waals surface area contributed by atoms with E-state index in [2.05, 4.69) is 35.7 Å². The Morgan fingerprint density at radius 2 is 0.988 bits per heavy atom. The van der Waals surface area contributed by atoms with Gasteiger partial charge in [-0.1, -0.05) is 47.5 Å². The average molecular weight is 1140 g/mol. The first-order chi connectivity index (χ1) is 37.5. The van der Waals surface area contributed by atoms with Crippen molar-refractivity contribution in [3.05, 3.63) is 117 Å². The molecule has 4 aliphatic rings. The fraction of sp³-hybridized carbons (Fsp3) is 0.567. The Bertz CT molecular complexity index is 2540. The monoisotopic (exact) mass is 1140 g/mol. The van der Waals surface area contributed by atoms with Crippen LogP contribution in [0.3, 0.4) is 0 Å². The molecule has 4 aliphatic heterocycles. The fourth-order valence-corrected chi connectivity index (χ4v) is 10.6. The number of carboxylic acid groups (broad SMARTS) is 1. The van der Waals surface area contributed by atoms with Gasteiger partial charge >= 0.3 is 31.0 Å². The third kappa shape index (κ3) is 23.6. The number of aliphatic hydroxyl groups is 2. The standard InChI is InChI=1S/C30H41ClN4O4.C17H25N3O4.C13H18ClNO.Li/c1-30(2,3)39-29(38)33-27-19-22(8-13-32-27)20-34-14-9-24(10-15-34)28(37)35-16-11-23(12-17-35)26(36)18-21-4-6-25(31)7-5-21;1-17(2,3)24-16(23)19-14-10-12(4-7-18-14)11-20-8-5-13(6-9-20)15(21)22;14-12-3-1-10(2-4-12)9-13(16)11-5-7-15-8-6-11;/h4-8,13,19,23-24,26,36H,9-12,14-18,20H2,1-3H3,(H,32,33,38);4,7,10,13H,5-6,8-9,11H2,1-3H3,(H,21,22)(H,18,19,23);1-4,11,13,15-16H,5-9H2;/q;;;+1/p-1. The van der Waals surface area contributed by atoms with Crippen LogP contribution in [-0.2, 0) is 45.0 Å². The number of hydrogen-bond donors (Lipinski definition) is 5. The number of carbonyl (C=O) groups excluding carboxylic acids is 4. The molecule has 5 N–H and O–H groups in total. The predicted molar refractivity (Wildman–Crippen MR) is 306 cm³/mol. The van der Waals surface area contributed by atoms with Crippen molar-refractivity contribution in [1.82, 2.24) is 30.0 Å². The zero-order valence-electron chi connectivity index (χ0n) is 47.9. The molecular weight excluding hydrogens is 1050 g/mol. The second-order valence-electron chi connectivity index (χ2n) is 23.3. The molecule has 2 unspecified atom stereocenters. The normalized spacial score (nSPS) is 17.9. The number of halogens is 2. The van der Waals surface area contributed by atoms with Crippen molar-refractivity contribution in [2.75, 3.05) is 63.0 Å². The van der Waals surface area contributed by atoms with Gasteiger partial charge in [0.1, 0.15) is 22.8 Å². The second-order valence-corrected chi connectivity index (χ2v) is 24.2. The SMILES string of the molecule is CC(C)(C)OC(=O)Nc1cc(CN2CCC(C(=O)N3CCC(C(O)Cc4ccc(Cl)cc4)CC3)CC2)ccn1.CC(C)(C)OC(=O)Nc1cc(CN2CCC(C(=O)[O-])CC2)ccn1.OC(Cc1ccc(Cl)cc1)C1CCNCC1.[Li+]. The number of aromatic nitrogens is 2. The van der Waals surface area contributed by atoms with Crippen LogP contribution in [0.25, 0.3) is 0 Å². The van der Waals surface area contributed by atoms with Crippen molar-refractivity contribution in [2.24, 2.45) is 23.7 Å². The quantitative estimate of drug-likeness (QED) is 0.0947. The second kappa shape index (κ2) is 32.2. The number of carboxylic acids is 1. The van der Waals surface area contributed by atoms with Gasteiger partial charge in [-0.05, 0) is 228 Å². The number of hydrogen-bond acceptors (Lipinski definition) is 14. The first-order valence-corrected chi connectivity index (χ1v) is 28.7. The van der Waals surface area contributed by atoms with Crippen molar-refractivity contribution >= 4 is 58.9 Å². The minimum Gasteiger partial charge on any atom is -0.550 e. The first-order valence-electron chi connectivity index (χ1n) is 27.9. The molecule has 4 aromatic rings. The maximum atomic E-state index is 13.2. The largest absolute Gasteiger partial charge is 1.00 e. The minimum absolute atomic E-state index is 0. The summed E-state index contributed by atoms with van der Waals surface area (Å²) in [6.45, 7) is 18.9. The molecule has 3 amide bonds. The topological polar surface area (TPSA) is 222 Å². The van der Waals surface area contributed by atoms with E-state index in [0.717, 1.165) is 118 Å². The molecule has 4 fully saturated rings. The van der Waals surface area contributed by atoms with Gasteiger partial charge in [0.05, 0.1) is 12.2 Å². The van der Waals surface area contributed by atoms with Gasteiger partial charge in [-0.2, -0.15) is 0 Å². The van der Waals surface area contributed by atoms with Crippen molar-refractivity contribution in [3.63, 3.8) is 0 Å². The summed E-state index contributed by atoms with van der Waals surface area (Å²) in [7, 11) is 0. The molecule has 0 spiro atoms. The molecule has 2 aromatic carbocycles. The van der Waals surface area contributed by atoms with Crippen molar-refractivity contribution in [1.29, 1.82) is 0 Å². The van der Waals surface area contributed by atoms with E-state index in [1.54, 1.807) is 39.2 Å². The van der Waals surface area contributed by atoms with Crippen LogP contribution in [0.1, 0.15) is 115 Å². The molecule has 6 heterocycles. The smallest absolute Gasteiger partial charge is 0.550 e. The zero-order chi connectivity index (χ0) is 57.1. The van der Waals surface area contributed by atoms with E-state index in [-0.39, 0.29) is 48.6 Å². The summed E-state index contributed by atoms with van der Waals surface area (Å²) in [4.78, 5) is 62.8. The fourth-order valence-electron chi connectivity index (χ4n) is 10.3. The van der Waals surface area contributed by atoms with Gasteiger partial charge < -0.3 is 39.8 Å². The number of aliphatic hydroxyl groups excluding tert-OH is 2. The summed E-state index contributed by atoms with van der Waals surface area (Å²) in [5.41, 5.74) is 3.17. The van der Waals surface area contributed by atoms with Gasteiger partial charge in [0.2, 0.25) is 5.91 Å². The van der Waals surface area contributed by atoms with Crippen molar-refractivity contribution < 1.29 is 62.8 Å². The minimum atomic E-state index is -0.956. The number of ether oxygens (including phenoxy) is 2. The number of pyridine rings is 2. The van der Waals surface area contributed by atoms with Gasteiger partial charge in [0.15, 0.2) is 0 Å². The van der Waals surface area contributed by atoms with Gasteiger partial charge in [0.25, 0.3) is 0 Å². The van der Waals surface area contributed by atoms with Crippen LogP contribution in [0, 0.1) is 23.7 Å². The molecule has 2 aromatic heterocycles. The van der Waals surface area contributed by atoms with Gasteiger partial charge in [-0.15, -0.1) is 0 Å². The third-order valence-corrected chi connectivity index (χ3v) is 15.1. The summed E-state index contributed by atoms with van der Waals surface area (Å²) < 4.78 is 10.5. The molecule has 2 atom stereocenters. The van der Waals surface area contributed by atoms with E-state index in [9.17, 15) is 34.5 Å². The molecule has 0 aliphatic carbocycles. The Balaban J connectivity index is 0.000000243. The number of anilines is 2. The molecule has 0 bridgehead atoms. The molecule has 0 radical (unpaired) electrons. The Morgan fingerprint density at radius 3 is 1.38 bits per heavy atom. The maximum absolute atomic E-state index is 13.2. The van der Waals surface area contributed by atoms with Crippen LogP contribution >= 0.6 is 23.2 Å². The van der Waals surface area contributed by atoms with Crippen LogP contribution in [0.4, 0.5) is 21.2 Å². The molecule has 0 saturated carbocycles. The summed E-state index contributed by atoms with van der Waals surface area (Å²) in [5, 5.41) is 41.8. The molecular formula is C60H83Cl2LiN8O9. The molecule has 4 saturated heterocycles.